The molecule has 13 heteroatoms. The van der Waals surface area contributed by atoms with E-state index >= 15 is 0 Å². The Balaban J connectivity index is 2.59. The van der Waals surface area contributed by atoms with Gasteiger partial charge >= 0.3 is 23.9 Å². The number of carbonyl (C=O) groups is 6. The highest BCUT2D eigenvalue weighted by Gasteiger charge is 2.29. The fourth-order valence-electron chi connectivity index (χ4n) is 8.55. The Labute approximate surface area is 454 Å². The van der Waals surface area contributed by atoms with Crippen LogP contribution in [0.4, 0.5) is 5.69 Å². The topological polar surface area (TPSA) is 163 Å². The Hall–Kier alpha value is -3.61. The SMILES string of the molecule is CCCCCCCCCCCCCCCCCCC(=O)OCC(CSCCC(=O)Nc1ccc(C(=O)N[C@@H](CCC(=O)OC(C)(C)C)C(=O)OC(C)(C)C)cc1)OC(=O)CCCCCCCCCCCCCCC. The van der Waals surface area contributed by atoms with Gasteiger partial charge < -0.3 is 29.6 Å². The lowest BCUT2D eigenvalue weighted by Crippen LogP contribution is -2.44. The molecule has 2 atom stereocenters. The van der Waals surface area contributed by atoms with Crippen molar-refractivity contribution in [3.63, 3.8) is 0 Å². The number of nitrogens with one attached hydrogen (secondary N) is 2. The molecule has 0 aromatic heterocycles. The second-order valence-corrected chi connectivity index (χ2v) is 23.6. The zero-order valence-electron chi connectivity index (χ0n) is 48.1. The molecule has 426 valence electrons. The molecule has 1 rings (SSSR count). The molecule has 74 heavy (non-hydrogen) atoms. The number of ether oxygens (including phenoxy) is 4. The summed E-state index contributed by atoms with van der Waals surface area (Å²) in [7, 11) is 0. The summed E-state index contributed by atoms with van der Waals surface area (Å²) in [4.78, 5) is 77.4. The van der Waals surface area contributed by atoms with Crippen molar-refractivity contribution in [1.29, 1.82) is 0 Å². The van der Waals surface area contributed by atoms with Crippen LogP contribution in [0.15, 0.2) is 24.3 Å². The lowest BCUT2D eigenvalue weighted by atomic mass is 10.0. The van der Waals surface area contributed by atoms with E-state index in [1.807, 2.05) is 0 Å². The molecule has 0 saturated carbocycles. The van der Waals surface area contributed by atoms with Crippen molar-refractivity contribution in [3.05, 3.63) is 29.8 Å². The quantitative estimate of drug-likeness (QED) is 0.0363. The van der Waals surface area contributed by atoms with E-state index in [9.17, 15) is 28.8 Å². The number of hydrogen-bond donors (Lipinski definition) is 2. The van der Waals surface area contributed by atoms with E-state index in [1.54, 1.807) is 65.8 Å². The summed E-state index contributed by atoms with van der Waals surface area (Å²) in [6.07, 6.45) is 36.3. The molecule has 0 bridgehead atoms. The number of carbonyl (C=O) groups excluding carboxylic acids is 6. The van der Waals surface area contributed by atoms with E-state index in [1.165, 1.54) is 159 Å². The Morgan fingerprint density at radius 3 is 1.35 bits per heavy atom. The maximum atomic E-state index is 13.2. The van der Waals surface area contributed by atoms with Crippen molar-refractivity contribution in [3.8, 4) is 0 Å². The number of amides is 2. The van der Waals surface area contributed by atoms with Crippen molar-refractivity contribution in [2.75, 3.05) is 23.4 Å². The van der Waals surface area contributed by atoms with E-state index in [2.05, 4.69) is 24.5 Å². The van der Waals surface area contributed by atoms with Crippen LogP contribution in [-0.2, 0) is 42.9 Å². The molecule has 0 spiro atoms. The maximum absolute atomic E-state index is 13.2. The van der Waals surface area contributed by atoms with E-state index in [0.717, 1.165) is 38.5 Å². The van der Waals surface area contributed by atoms with Gasteiger partial charge in [0.05, 0.1) is 0 Å². The predicted octanol–water partition coefficient (Wildman–Crippen LogP) is 15.9. The first kappa shape index (κ1) is 68.4. The molecule has 2 amide bonds. The molecule has 12 nitrogen and oxygen atoms in total. The number of hydrogen-bond acceptors (Lipinski definition) is 11. The third-order valence-corrected chi connectivity index (χ3v) is 13.8. The third-order valence-electron chi connectivity index (χ3n) is 12.7. The molecule has 0 aliphatic heterocycles. The first-order valence-electron chi connectivity index (χ1n) is 29.5. The average molecular weight is 1060 g/mol. The summed E-state index contributed by atoms with van der Waals surface area (Å²) in [6.45, 7) is 14.9. The second-order valence-electron chi connectivity index (χ2n) is 22.5. The van der Waals surface area contributed by atoms with Gasteiger partial charge in [0.2, 0.25) is 5.91 Å². The van der Waals surface area contributed by atoms with Crippen molar-refractivity contribution < 1.29 is 47.7 Å². The minimum atomic E-state index is -1.08. The van der Waals surface area contributed by atoms with Gasteiger partial charge in [-0.15, -0.1) is 0 Å². The number of esters is 4. The molecule has 0 radical (unpaired) electrons. The summed E-state index contributed by atoms with van der Waals surface area (Å²) in [6, 6.07) is 5.20. The van der Waals surface area contributed by atoms with E-state index < -0.39 is 41.2 Å². The number of unbranched alkanes of at least 4 members (excludes halogenated alkanes) is 27. The second kappa shape index (κ2) is 43.5. The van der Waals surface area contributed by atoms with Gasteiger partial charge in [-0.05, 0) is 85.1 Å². The molecule has 0 saturated heterocycles. The van der Waals surface area contributed by atoms with Crippen LogP contribution >= 0.6 is 11.8 Å². The summed E-state index contributed by atoms with van der Waals surface area (Å²) in [5.41, 5.74) is -0.750. The minimum absolute atomic E-state index is 0.00480. The first-order chi connectivity index (χ1) is 35.4. The van der Waals surface area contributed by atoms with Gasteiger partial charge in [-0.3, -0.25) is 24.0 Å². The Morgan fingerprint density at radius 1 is 0.500 bits per heavy atom. The molecule has 2 N–H and O–H groups in total. The molecular weight excluding hydrogens is 953 g/mol. The highest BCUT2D eigenvalue weighted by molar-refractivity contribution is 7.99. The molecule has 1 aromatic rings. The van der Waals surface area contributed by atoms with Crippen LogP contribution in [0, 0.1) is 0 Å². The minimum Gasteiger partial charge on any atom is -0.462 e. The highest BCUT2D eigenvalue weighted by Crippen LogP contribution is 2.19. The molecule has 0 fully saturated rings. The van der Waals surface area contributed by atoms with Crippen LogP contribution in [0.3, 0.4) is 0 Å². The van der Waals surface area contributed by atoms with Crippen LogP contribution < -0.4 is 10.6 Å². The van der Waals surface area contributed by atoms with Gasteiger partial charge in [0.1, 0.15) is 30.0 Å². The van der Waals surface area contributed by atoms with Crippen molar-refractivity contribution in [2.24, 2.45) is 0 Å². The summed E-state index contributed by atoms with van der Waals surface area (Å²) in [5.74, 6) is -1.66. The number of benzene rings is 1. The van der Waals surface area contributed by atoms with Crippen LogP contribution in [0.1, 0.15) is 284 Å². The zero-order chi connectivity index (χ0) is 54.7. The fraction of sp³-hybridized carbons (Fsp3) is 0.803. The molecule has 1 aromatic carbocycles. The number of anilines is 1. The molecular formula is C61H106N2O10S. The molecule has 0 aliphatic rings. The van der Waals surface area contributed by atoms with Crippen molar-refractivity contribution in [1.82, 2.24) is 5.32 Å². The van der Waals surface area contributed by atoms with E-state index in [0.29, 0.717) is 30.0 Å². The van der Waals surface area contributed by atoms with Gasteiger partial charge in [0, 0.05) is 48.4 Å². The average Bonchev–Trinajstić information content (AvgIpc) is 3.33. The van der Waals surface area contributed by atoms with E-state index in [4.69, 9.17) is 18.9 Å². The lowest BCUT2D eigenvalue weighted by molar-refractivity contribution is -0.158. The van der Waals surface area contributed by atoms with Gasteiger partial charge in [-0.2, -0.15) is 11.8 Å². The molecule has 0 aliphatic carbocycles. The molecule has 1 unspecified atom stereocenters. The Kier molecular flexibility index (Phi) is 40.2. The summed E-state index contributed by atoms with van der Waals surface area (Å²) < 4.78 is 22.4. The van der Waals surface area contributed by atoms with Crippen LogP contribution in [0.25, 0.3) is 0 Å². The van der Waals surface area contributed by atoms with Crippen LogP contribution in [0.2, 0.25) is 0 Å². The summed E-state index contributed by atoms with van der Waals surface area (Å²) >= 11 is 1.46. The smallest absolute Gasteiger partial charge is 0.329 e. The van der Waals surface area contributed by atoms with Crippen LogP contribution in [0.5, 0.6) is 0 Å². The normalized spacial score (nSPS) is 12.4. The standard InChI is InChI=1S/C61H106N2O10S/c1-9-11-13-15-17-19-21-23-24-25-27-28-30-32-34-36-38-55(65)70-48-52(71-56(66)39-37-35-33-31-29-26-22-20-18-16-14-12-10-2)49-74-47-46-54(64)62-51-42-40-50(41-43-51)58(68)63-53(59(69)73-61(6,7)8)44-45-57(67)72-60(3,4)5/h40-43,52-53H,9-39,44-49H2,1-8H3,(H,62,64)(H,63,68)/t52?,53-/m0/s1. The maximum Gasteiger partial charge on any atom is 0.329 e. The van der Waals surface area contributed by atoms with Gasteiger partial charge in [-0.25, -0.2) is 4.79 Å². The number of thioether (sulfide) groups is 1. The van der Waals surface area contributed by atoms with E-state index in [-0.39, 0.29) is 49.3 Å². The highest BCUT2D eigenvalue weighted by atomic mass is 32.2. The zero-order valence-corrected chi connectivity index (χ0v) is 48.9. The first-order valence-corrected chi connectivity index (χ1v) is 30.7. The van der Waals surface area contributed by atoms with Gasteiger partial charge in [-0.1, -0.05) is 187 Å². The third kappa shape index (κ3) is 41.6. The monoisotopic (exact) mass is 1060 g/mol. The van der Waals surface area contributed by atoms with Crippen molar-refractivity contribution >= 4 is 53.1 Å². The Morgan fingerprint density at radius 2 is 0.919 bits per heavy atom. The van der Waals surface area contributed by atoms with Crippen molar-refractivity contribution in [2.45, 2.75) is 297 Å². The summed E-state index contributed by atoms with van der Waals surface area (Å²) in [5, 5.41) is 5.55. The largest absolute Gasteiger partial charge is 0.462 e. The van der Waals surface area contributed by atoms with Crippen LogP contribution in [-0.4, -0.2) is 77.2 Å². The lowest BCUT2D eigenvalue weighted by Gasteiger charge is -2.25. The Bertz CT molecular complexity index is 1640. The predicted molar refractivity (Wildman–Crippen MR) is 305 cm³/mol. The fourth-order valence-corrected chi connectivity index (χ4v) is 9.47. The number of rotatable bonds is 46. The van der Waals surface area contributed by atoms with Gasteiger partial charge in [0.25, 0.3) is 5.91 Å². The molecule has 0 heterocycles. The van der Waals surface area contributed by atoms with Gasteiger partial charge in [0.15, 0.2) is 0 Å².